The number of halogens is 2. The SMILES string of the molecule is CC(C)[C@@H]1C[C@H](c2ccc(Cl)c(Cl)c2)CO[C@H]1c1ccc(OCC(=O)N2CCN(c3ccccn3)CC2)cc1. The van der Waals surface area contributed by atoms with Crippen LogP contribution in [0, 0.1) is 11.8 Å². The van der Waals surface area contributed by atoms with Crippen molar-refractivity contribution >= 4 is 34.9 Å². The number of piperazine rings is 1. The standard InChI is InChI=1S/C31H35Cl2N3O3/c1-21(2)26-17-24(23-8-11-27(32)28(33)18-23)19-39-31(26)22-6-9-25(10-7-22)38-20-30(37)36-15-13-35(14-16-36)29-5-3-4-12-34-29/h3-12,18,21,24,26,31H,13-17,19-20H2,1-2H3/t24-,26-,31-/m0/s1. The molecule has 0 spiro atoms. The van der Waals surface area contributed by atoms with Crippen molar-refractivity contribution < 1.29 is 14.3 Å². The normalized spacial score (nSPS) is 21.7. The molecule has 0 N–H and O–H groups in total. The largest absolute Gasteiger partial charge is 0.484 e. The highest BCUT2D eigenvalue weighted by Crippen LogP contribution is 2.44. The molecule has 39 heavy (non-hydrogen) atoms. The van der Waals surface area contributed by atoms with Crippen LogP contribution in [0.3, 0.4) is 0 Å². The summed E-state index contributed by atoms with van der Waals surface area (Å²) in [5, 5.41) is 1.15. The fourth-order valence-corrected chi connectivity index (χ4v) is 5.85. The van der Waals surface area contributed by atoms with E-state index in [0.717, 1.165) is 30.9 Å². The number of ether oxygens (including phenoxy) is 2. The number of anilines is 1. The fraction of sp³-hybridized carbons (Fsp3) is 0.419. The Labute approximate surface area is 240 Å². The summed E-state index contributed by atoms with van der Waals surface area (Å²) in [4.78, 5) is 21.2. The number of aromatic nitrogens is 1. The zero-order valence-electron chi connectivity index (χ0n) is 22.4. The number of pyridine rings is 1. The van der Waals surface area contributed by atoms with E-state index < -0.39 is 0 Å². The van der Waals surface area contributed by atoms with Crippen LogP contribution >= 0.6 is 23.2 Å². The van der Waals surface area contributed by atoms with Crippen molar-refractivity contribution in [1.29, 1.82) is 0 Å². The highest BCUT2D eigenvalue weighted by molar-refractivity contribution is 6.42. The van der Waals surface area contributed by atoms with Crippen LogP contribution in [0.4, 0.5) is 5.82 Å². The van der Waals surface area contributed by atoms with Crippen LogP contribution in [0.2, 0.25) is 10.0 Å². The van der Waals surface area contributed by atoms with Crippen LogP contribution < -0.4 is 9.64 Å². The fourth-order valence-electron chi connectivity index (χ4n) is 5.54. The zero-order valence-corrected chi connectivity index (χ0v) is 23.9. The van der Waals surface area contributed by atoms with Gasteiger partial charge in [-0.05, 0) is 65.8 Å². The first-order valence-corrected chi connectivity index (χ1v) is 14.4. The number of amides is 1. The van der Waals surface area contributed by atoms with Crippen molar-refractivity contribution in [2.24, 2.45) is 11.8 Å². The van der Waals surface area contributed by atoms with E-state index in [1.54, 1.807) is 6.20 Å². The molecule has 0 bridgehead atoms. The highest BCUT2D eigenvalue weighted by Gasteiger charge is 2.35. The molecule has 206 valence electrons. The average molecular weight is 569 g/mol. The van der Waals surface area contributed by atoms with E-state index in [1.807, 2.05) is 53.4 Å². The second-order valence-electron chi connectivity index (χ2n) is 10.7. The Bertz CT molecular complexity index is 1250. The number of carbonyl (C=O) groups is 1. The molecule has 8 heteroatoms. The lowest BCUT2D eigenvalue weighted by molar-refractivity contribution is -0.133. The molecule has 3 heterocycles. The van der Waals surface area contributed by atoms with E-state index in [2.05, 4.69) is 35.9 Å². The van der Waals surface area contributed by atoms with Gasteiger partial charge in [-0.25, -0.2) is 4.98 Å². The van der Waals surface area contributed by atoms with E-state index in [9.17, 15) is 4.79 Å². The second kappa shape index (κ2) is 12.6. The van der Waals surface area contributed by atoms with Gasteiger partial charge in [-0.15, -0.1) is 0 Å². The van der Waals surface area contributed by atoms with Gasteiger partial charge in [0.05, 0.1) is 22.8 Å². The topological polar surface area (TPSA) is 54.9 Å². The van der Waals surface area contributed by atoms with Gasteiger partial charge in [0.25, 0.3) is 5.91 Å². The van der Waals surface area contributed by atoms with Gasteiger partial charge < -0.3 is 19.3 Å². The maximum atomic E-state index is 12.8. The molecule has 1 aromatic heterocycles. The summed E-state index contributed by atoms with van der Waals surface area (Å²) < 4.78 is 12.3. The highest BCUT2D eigenvalue weighted by atomic mass is 35.5. The van der Waals surface area contributed by atoms with Crippen molar-refractivity contribution in [3.05, 3.63) is 88.0 Å². The zero-order chi connectivity index (χ0) is 27.4. The number of hydrogen-bond acceptors (Lipinski definition) is 5. The molecule has 0 unspecified atom stereocenters. The Hall–Kier alpha value is -2.80. The predicted molar refractivity (Wildman–Crippen MR) is 156 cm³/mol. The van der Waals surface area contributed by atoms with Gasteiger partial charge in [0.1, 0.15) is 11.6 Å². The van der Waals surface area contributed by atoms with Gasteiger partial charge >= 0.3 is 0 Å². The Morgan fingerprint density at radius 2 is 1.74 bits per heavy atom. The smallest absolute Gasteiger partial charge is 0.260 e. The first-order chi connectivity index (χ1) is 18.9. The summed E-state index contributed by atoms with van der Waals surface area (Å²) in [6.45, 7) is 8.01. The second-order valence-corrected chi connectivity index (χ2v) is 11.5. The quantitative estimate of drug-likeness (QED) is 0.320. The molecule has 5 rings (SSSR count). The molecule has 2 aliphatic rings. The maximum absolute atomic E-state index is 12.8. The Kier molecular flexibility index (Phi) is 8.96. The molecule has 2 aromatic carbocycles. The lowest BCUT2D eigenvalue weighted by atomic mass is 9.76. The van der Waals surface area contributed by atoms with Gasteiger partial charge in [-0.3, -0.25) is 4.79 Å². The van der Waals surface area contributed by atoms with Crippen LogP contribution in [0.15, 0.2) is 66.9 Å². The van der Waals surface area contributed by atoms with Crippen LogP contribution in [0.25, 0.3) is 0 Å². The number of rotatable bonds is 7. The lowest BCUT2D eigenvalue weighted by Crippen LogP contribution is -2.50. The molecule has 0 saturated carbocycles. The van der Waals surface area contributed by atoms with E-state index in [-0.39, 0.29) is 24.5 Å². The van der Waals surface area contributed by atoms with E-state index in [4.69, 9.17) is 32.7 Å². The molecule has 2 saturated heterocycles. The summed E-state index contributed by atoms with van der Waals surface area (Å²) in [6.07, 6.45) is 2.82. The average Bonchev–Trinajstić information content (AvgIpc) is 2.98. The number of nitrogens with zero attached hydrogens (tertiary/aromatic N) is 3. The summed E-state index contributed by atoms with van der Waals surface area (Å²) in [5.74, 6) is 2.73. The molecule has 2 fully saturated rings. The van der Waals surface area contributed by atoms with Crippen LogP contribution in [0.5, 0.6) is 5.75 Å². The third-order valence-electron chi connectivity index (χ3n) is 7.87. The number of benzene rings is 2. The monoisotopic (exact) mass is 567 g/mol. The molecule has 0 aliphatic carbocycles. The number of carbonyl (C=O) groups excluding carboxylic acids is 1. The van der Waals surface area contributed by atoms with Gasteiger partial charge in [-0.1, -0.05) is 61.3 Å². The molecule has 0 radical (unpaired) electrons. The van der Waals surface area contributed by atoms with Crippen molar-refractivity contribution in [1.82, 2.24) is 9.88 Å². The van der Waals surface area contributed by atoms with Crippen LogP contribution in [-0.2, 0) is 9.53 Å². The Morgan fingerprint density at radius 3 is 2.41 bits per heavy atom. The third-order valence-corrected chi connectivity index (χ3v) is 8.61. The van der Waals surface area contributed by atoms with Gasteiger partial charge in [0.15, 0.2) is 6.61 Å². The molecule has 1 amide bonds. The van der Waals surface area contributed by atoms with E-state index >= 15 is 0 Å². The molecular weight excluding hydrogens is 533 g/mol. The van der Waals surface area contributed by atoms with Crippen molar-refractivity contribution in [2.75, 3.05) is 44.3 Å². The van der Waals surface area contributed by atoms with Crippen molar-refractivity contribution in [2.45, 2.75) is 32.3 Å². The van der Waals surface area contributed by atoms with Gasteiger partial charge in [0, 0.05) is 38.3 Å². The van der Waals surface area contributed by atoms with E-state index in [0.29, 0.717) is 47.3 Å². The lowest BCUT2D eigenvalue weighted by Gasteiger charge is -2.39. The van der Waals surface area contributed by atoms with Crippen LogP contribution in [0.1, 0.15) is 43.4 Å². The van der Waals surface area contributed by atoms with Crippen molar-refractivity contribution in [3.63, 3.8) is 0 Å². The van der Waals surface area contributed by atoms with Crippen LogP contribution in [-0.4, -0.2) is 55.2 Å². The van der Waals surface area contributed by atoms with E-state index in [1.165, 1.54) is 5.56 Å². The summed E-state index contributed by atoms with van der Waals surface area (Å²) in [7, 11) is 0. The van der Waals surface area contributed by atoms with Gasteiger partial charge in [-0.2, -0.15) is 0 Å². The Morgan fingerprint density at radius 1 is 1.00 bits per heavy atom. The minimum atomic E-state index is 0.00331. The third kappa shape index (κ3) is 6.68. The summed E-state index contributed by atoms with van der Waals surface area (Å²) >= 11 is 12.4. The molecule has 3 atom stereocenters. The minimum absolute atomic E-state index is 0.00331. The number of hydrogen-bond donors (Lipinski definition) is 0. The maximum Gasteiger partial charge on any atom is 0.260 e. The Balaban J connectivity index is 1.14. The molecule has 6 nitrogen and oxygen atoms in total. The van der Waals surface area contributed by atoms with Gasteiger partial charge in [0.2, 0.25) is 0 Å². The summed E-state index contributed by atoms with van der Waals surface area (Å²) in [6, 6.07) is 19.8. The van der Waals surface area contributed by atoms with Crippen molar-refractivity contribution in [3.8, 4) is 5.75 Å². The molecular formula is C31H35Cl2N3O3. The minimum Gasteiger partial charge on any atom is -0.484 e. The molecule has 2 aliphatic heterocycles. The first-order valence-electron chi connectivity index (χ1n) is 13.6. The summed E-state index contributed by atoms with van der Waals surface area (Å²) in [5.41, 5.74) is 2.30. The predicted octanol–water partition coefficient (Wildman–Crippen LogP) is 6.63. The molecule has 3 aromatic rings. The first kappa shape index (κ1) is 27.8.